The molecule has 30 heavy (non-hydrogen) atoms. The Bertz CT molecular complexity index is 1200. The van der Waals surface area contributed by atoms with Crippen LogP contribution in [0, 0.1) is 0 Å². The second-order valence-corrected chi connectivity index (χ2v) is 7.33. The van der Waals surface area contributed by atoms with E-state index in [9.17, 15) is 4.79 Å². The predicted octanol–water partition coefficient (Wildman–Crippen LogP) is 5.18. The smallest absolute Gasteiger partial charge is 0.267 e. The van der Waals surface area contributed by atoms with Gasteiger partial charge in [-0.15, -0.1) is 0 Å². The zero-order chi connectivity index (χ0) is 20.9. The van der Waals surface area contributed by atoms with Gasteiger partial charge in [-0.1, -0.05) is 56.3 Å². The molecule has 148 valence electrons. The molecular weight excluding hydrogens is 372 g/mol. The number of hydrogen-bond acceptors (Lipinski definition) is 4. The minimum atomic E-state index is -0.279. The summed E-state index contributed by atoms with van der Waals surface area (Å²) in [6, 6.07) is 21.4. The van der Waals surface area contributed by atoms with Crippen molar-refractivity contribution >= 4 is 23.0 Å². The molecule has 4 aromatic rings. The number of para-hydroxylation sites is 1. The standard InChI is InChI=1S/C25H22N4O/c1-17(2)19-7-9-20(10-8-19)24-15-22(21-5-3-4-6-23(21)28-24)25(30)29-27-16-18-11-13-26-14-12-18/h3-17H,1-2H3,(H,29,30)/b27-16-. The van der Waals surface area contributed by atoms with E-state index in [1.165, 1.54) is 5.56 Å². The minimum Gasteiger partial charge on any atom is -0.267 e. The average molecular weight is 394 g/mol. The molecule has 0 bridgehead atoms. The van der Waals surface area contributed by atoms with Gasteiger partial charge in [0, 0.05) is 23.3 Å². The quantitative estimate of drug-likeness (QED) is 0.374. The highest BCUT2D eigenvalue weighted by Crippen LogP contribution is 2.26. The number of hydrogen-bond donors (Lipinski definition) is 1. The maximum atomic E-state index is 12.9. The van der Waals surface area contributed by atoms with Crippen LogP contribution in [-0.2, 0) is 0 Å². The van der Waals surface area contributed by atoms with Crippen LogP contribution in [0.2, 0.25) is 0 Å². The average Bonchev–Trinajstić information content (AvgIpc) is 2.79. The monoisotopic (exact) mass is 394 g/mol. The van der Waals surface area contributed by atoms with E-state index in [2.05, 4.69) is 53.6 Å². The third kappa shape index (κ3) is 4.25. The summed E-state index contributed by atoms with van der Waals surface area (Å²) in [7, 11) is 0. The van der Waals surface area contributed by atoms with E-state index in [1.54, 1.807) is 18.6 Å². The summed E-state index contributed by atoms with van der Waals surface area (Å²) in [6.45, 7) is 4.33. The lowest BCUT2D eigenvalue weighted by molar-refractivity contribution is 0.0956. The van der Waals surface area contributed by atoms with Gasteiger partial charge in [-0.3, -0.25) is 9.78 Å². The van der Waals surface area contributed by atoms with E-state index in [-0.39, 0.29) is 5.91 Å². The van der Waals surface area contributed by atoms with Crippen molar-refractivity contribution in [1.29, 1.82) is 0 Å². The van der Waals surface area contributed by atoms with Gasteiger partial charge >= 0.3 is 0 Å². The fourth-order valence-electron chi connectivity index (χ4n) is 3.23. The number of pyridine rings is 2. The molecule has 0 aliphatic heterocycles. The largest absolute Gasteiger partial charge is 0.272 e. The molecule has 4 rings (SSSR count). The molecule has 0 spiro atoms. The summed E-state index contributed by atoms with van der Waals surface area (Å²) in [4.78, 5) is 21.6. The first-order chi connectivity index (χ1) is 14.6. The van der Waals surface area contributed by atoms with Crippen molar-refractivity contribution in [2.75, 3.05) is 0 Å². The van der Waals surface area contributed by atoms with Crippen molar-refractivity contribution < 1.29 is 4.79 Å². The molecule has 1 N–H and O–H groups in total. The second kappa shape index (κ2) is 8.66. The molecule has 2 aromatic heterocycles. The van der Waals surface area contributed by atoms with Gasteiger partial charge in [-0.2, -0.15) is 5.10 Å². The molecule has 0 unspecified atom stereocenters. The van der Waals surface area contributed by atoms with Gasteiger partial charge in [0.1, 0.15) is 0 Å². The third-order valence-corrected chi connectivity index (χ3v) is 4.92. The van der Waals surface area contributed by atoms with Crippen LogP contribution in [0.4, 0.5) is 0 Å². The molecule has 0 saturated heterocycles. The molecule has 0 radical (unpaired) electrons. The van der Waals surface area contributed by atoms with E-state index >= 15 is 0 Å². The van der Waals surface area contributed by atoms with Gasteiger partial charge in [0.15, 0.2) is 0 Å². The van der Waals surface area contributed by atoms with E-state index in [1.807, 2.05) is 42.5 Å². The van der Waals surface area contributed by atoms with Gasteiger partial charge in [-0.25, -0.2) is 10.4 Å². The van der Waals surface area contributed by atoms with Crippen molar-refractivity contribution in [2.24, 2.45) is 5.10 Å². The molecule has 0 fully saturated rings. The highest BCUT2D eigenvalue weighted by Gasteiger charge is 2.13. The Morgan fingerprint density at radius 3 is 2.47 bits per heavy atom. The van der Waals surface area contributed by atoms with Crippen LogP contribution in [0.25, 0.3) is 22.2 Å². The van der Waals surface area contributed by atoms with Crippen molar-refractivity contribution in [3.05, 3.63) is 95.8 Å². The Kier molecular flexibility index (Phi) is 5.61. The Morgan fingerprint density at radius 2 is 1.73 bits per heavy atom. The van der Waals surface area contributed by atoms with Crippen LogP contribution in [0.15, 0.2) is 84.2 Å². The Balaban J connectivity index is 1.68. The van der Waals surface area contributed by atoms with Crippen LogP contribution in [-0.4, -0.2) is 22.1 Å². The fourth-order valence-corrected chi connectivity index (χ4v) is 3.23. The van der Waals surface area contributed by atoms with Crippen LogP contribution >= 0.6 is 0 Å². The van der Waals surface area contributed by atoms with E-state index in [0.717, 1.165) is 27.7 Å². The number of rotatable bonds is 5. The molecule has 5 nitrogen and oxygen atoms in total. The lowest BCUT2D eigenvalue weighted by Crippen LogP contribution is -2.18. The molecular formula is C25H22N4O. The van der Waals surface area contributed by atoms with Gasteiger partial charge in [-0.05, 0) is 41.3 Å². The summed E-state index contributed by atoms with van der Waals surface area (Å²) in [5, 5.41) is 4.87. The molecule has 0 atom stereocenters. The number of hydrazone groups is 1. The summed E-state index contributed by atoms with van der Waals surface area (Å²) in [5.41, 5.74) is 7.78. The lowest BCUT2D eigenvalue weighted by atomic mass is 9.99. The highest BCUT2D eigenvalue weighted by atomic mass is 16.2. The van der Waals surface area contributed by atoms with Crippen LogP contribution in [0.3, 0.4) is 0 Å². The molecule has 2 heterocycles. The van der Waals surface area contributed by atoms with Gasteiger partial charge in [0.25, 0.3) is 5.91 Å². The SMILES string of the molecule is CC(C)c1ccc(-c2cc(C(=O)N/N=C\c3ccncc3)c3ccccc3n2)cc1. The molecule has 5 heteroatoms. The van der Waals surface area contributed by atoms with Gasteiger partial charge in [0.2, 0.25) is 0 Å². The molecule has 2 aromatic carbocycles. The first-order valence-electron chi connectivity index (χ1n) is 9.85. The van der Waals surface area contributed by atoms with Gasteiger partial charge in [0.05, 0.1) is 23.0 Å². The number of benzene rings is 2. The van der Waals surface area contributed by atoms with E-state index in [0.29, 0.717) is 11.5 Å². The molecule has 0 aliphatic rings. The number of carbonyl (C=O) groups is 1. The van der Waals surface area contributed by atoms with E-state index < -0.39 is 0 Å². The van der Waals surface area contributed by atoms with Crippen molar-refractivity contribution in [2.45, 2.75) is 19.8 Å². The summed E-state index contributed by atoms with van der Waals surface area (Å²) >= 11 is 0. The predicted molar refractivity (Wildman–Crippen MR) is 121 cm³/mol. The zero-order valence-corrected chi connectivity index (χ0v) is 16.9. The number of nitrogens with one attached hydrogen (secondary N) is 1. The zero-order valence-electron chi connectivity index (χ0n) is 16.9. The number of fused-ring (bicyclic) bond motifs is 1. The Morgan fingerprint density at radius 1 is 1.00 bits per heavy atom. The number of carbonyl (C=O) groups excluding carboxylic acids is 1. The lowest BCUT2D eigenvalue weighted by Gasteiger charge is -2.10. The topological polar surface area (TPSA) is 67.2 Å². The summed E-state index contributed by atoms with van der Waals surface area (Å²) in [6.07, 6.45) is 4.95. The number of amides is 1. The normalized spacial score (nSPS) is 11.3. The Labute approximate surface area is 175 Å². The summed E-state index contributed by atoms with van der Waals surface area (Å²) in [5.74, 6) is 0.183. The van der Waals surface area contributed by atoms with Crippen molar-refractivity contribution in [3.63, 3.8) is 0 Å². The first kappa shape index (κ1) is 19.5. The van der Waals surface area contributed by atoms with Crippen LogP contribution in [0.5, 0.6) is 0 Å². The maximum Gasteiger partial charge on any atom is 0.272 e. The van der Waals surface area contributed by atoms with Crippen LogP contribution < -0.4 is 5.43 Å². The minimum absolute atomic E-state index is 0.279. The van der Waals surface area contributed by atoms with E-state index in [4.69, 9.17) is 4.98 Å². The van der Waals surface area contributed by atoms with Crippen molar-refractivity contribution in [3.8, 4) is 11.3 Å². The maximum absolute atomic E-state index is 12.9. The first-order valence-corrected chi connectivity index (χ1v) is 9.85. The van der Waals surface area contributed by atoms with Crippen molar-refractivity contribution in [1.82, 2.24) is 15.4 Å². The molecule has 0 aliphatic carbocycles. The number of aromatic nitrogens is 2. The number of nitrogens with zero attached hydrogens (tertiary/aromatic N) is 3. The third-order valence-electron chi connectivity index (χ3n) is 4.92. The van der Waals surface area contributed by atoms with Gasteiger partial charge < -0.3 is 0 Å². The fraction of sp³-hybridized carbons (Fsp3) is 0.120. The Hall–Kier alpha value is -3.86. The molecule has 0 saturated carbocycles. The second-order valence-electron chi connectivity index (χ2n) is 7.33. The molecule has 1 amide bonds. The highest BCUT2D eigenvalue weighted by molar-refractivity contribution is 6.07. The summed E-state index contributed by atoms with van der Waals surface area (Å²) < 4.78 is 0. The van der Waals surface area contributed by atoms with Crippen LogP contribution in [0.1, 0.15) is 41.3 Å².